The Labute approximate surface area is 140 Å². The van der Waals surface area contributed by atoms with Gasteiger partial charge in [0, 0.05) is 18.3 Å². The molecular weight excluding hydrogens is 304 g/mol. The number of benzene rings is 2. The van der Waals surface area contributed by atoms with Gasteiger partial charge in [-0.2, -0.15) is 5.10 Å². The first-order valence-corrected chi connectivity index (χ1v) is 7.71. The van der Waals surface area contributed by atoms with Crippen LogP contribution < -0.4 is 9.64 Å². The summed E-state index contributed by atoms with van der Waals surface area (Å²) in [6.07, 6.45) is 3.08. The molecule has 2 aromatic carbocycles. The van der Waals surface area contributed by atoms with Gasteiger partial charge in [0.25, 0.3) is 5.91 Å². The third kappa shape index (κ3) is 3.60. The largest absolute Gasteiger partial charge is 0.484 e. The molecule has 1 heterocycles. The van der Waals surface area contributed by atoms with E-state index in [4.69, 9.17) is 4.74 Å². The SMILES string of the molecule is CCN(C(=O)COc1cccc(-n2cncn2)c1)c1ccccc1. The van der Waals surface area contributed by atoms with Crippen molar-refractivity contribution in [1.82, 2.24) is 14.8 Å². The van der Waals surface area contributed by atoms with Crippen LogP contribution in [0.25, 0.3) is 5.69 Å². The fourth-order valence-corrected chi connectivity index (χ4v) is 2.39. The van der Waals surface area contributed by atoms with E-state index in [0.717, 1.165) is 11.4 Å². The average molecular weight is 322 g/mol. The van der Waals surface area contributed by atoms with Crippen molar-refractivity contribution in [3.05, 3.63) is 67.3 Å². The fourth-order valence-electron chi connectivity index (χ4n) is 2.39. The summed E-state index contributed by atoms with van der Waals surface area (Å²) in [4.78, 5) is 18.1. The van der Waals surface area contributed by atoms with Gasteiger partial charge in [0.15, 0.2) is 6.61 Å². The second kappa shape index (κ2) is 7.41. The Hall–Kier alpha value is -3.15. The third-order valence-electron chi connectivity index (χ3n) is 3.55. The molecule has 0 fully saturated rings. The summed E-state index contributed by atoms with van der Waals surface area (Å²) in [7, 11) is 0. The molecule has 122 valence electrons. The second-order valence-corrected chi connectivity index (χ2v) is 5.10. The maximum atomic E-state index is 12.4. The number of nitrogens with zero attached hydrogens (tertiary/aromatic N) is 4. The van der Waals surface area contributed by atoms with Crippen molar-refractivity contribution in [2.75, 3.05) is 18.1 Å². The van der Waals surface area contributed by atoms with Gasteiger partial charge in [-0.05, 0) is 31.2 Å². The monoisotopic (exact) mass is 322 g/mol. The zero-order valence-corrected chi connectivity index (χ0v) is 13.4. The van der Waals surface area contributed by atoms with Crippen molar-refractivity contribution in [2.45, 2.75) is 6.92 Å². The van der Waals surface area contributed by atoms with Gasteiger partial charge >= 0.3 is 0 Å². The summed E-state index contributed by atoms with van der Waals surface area (Å²) >= 11 is 0. The normalized spacial score (nSPS) is 10.4. The maximum absolute atomic E-state index is 12.4. The minimum atomic E-state index is -0.0881. The number of rotatable bonds is 6. The molecule has 0 spiro atoms. The Bertz CT molecular complexity index is 788. The summed E-state index contributed by atoms with van der Waals surface area (Å²) in [6, 6.07) is 16.9. The number of anilines is 1. The van der Waals surface area contributed by atoms with Crippen LogP contribution in [0.2, 0.25) is 0 Å². The average Bonchev–Trinajstić information content (AvgIpc) is 3.16. The number of hydrogen-bond acceptors (Lipinski definition) is 4. The molecule has 0 unspecified atom stereocenters. The van der Waals surface area contributed by atoms with Gasteiger partial charge in [0.05, 0.1) is 5.69 Å². The molecule has 6 nitrogen and oxygen atoms in total. The molecule has 0 saturated carbocycles. The lowest BCUT2D eigenvalue weighted by atomic mass is 10.3. The van der Waals surface area contributed by atoms with Gasteiger partial charge in [-0.15, -0.1) is 0 Å². The number of ether oxygens (including phenoxy) is 1. The Kier molecular flexibility index (Phi) is 4.86. The number of hydrogen-bond donors (Lipinski definition) is 0. The highest BCUT2D eigenvalue weighted by Crippen LogP contribution is 2.17. The number of aromatic nitrogens is 3. The smallest absolute Gasteiger partial charge is 0.264 e. The van der Waals surface area contributed by atoms with Crippen molar-refractivity contribution >= 4 is 11.6 Å². The first-order chi connectivity index (χ1) is 11.8. The highest BCUT2D eigenvalue weighted by Gasteiger charge is 2.14. The Morgan fingerprint density at radius 1 is 1.17 bits per heavy atom. The molecule has 0 radical (unpaired) electrons. The third-order valence-corrected chi connectivity index (χ3v) is 3.55. The second-order valence-electron chi connectivity index (χ2n) is 5.10. The van der Waals surface area contributed by atoms with Crippen LogP contribution in [0.5, 0.6) is 5.75 Å². The summed E-state index contributed by atoms with van der Waals surface area (Å²) in [5.74, 6) is 0.523. The van der Waals surface area contributed by atoms with E-state index >= 15 is 0 Å². The lowest BCUT2D eigenvalue weighted by molar-refractivity contribution is -0.120. The van der Waals surface area contributed by atoms with Crippen LogP contribution in [0.1, 0.15) is 6.92 Å². The molecule has 0 aliphatic carbocycles. The van der Waals surface area contributed by atoms with Crippen molar-refractivity contribution in [3.8, 4) is 11.4 Å². The molecule has 1 amide bonds. The summed E-state index contributed by atoms with van der Waals surface area (Å²) in [5.41, 5.74) is 1.69. The molecule has 0 bridgehead atoms. The molecule has 0 aliphatic heterocycles. The lowest BCUT2D eigenvalue weighted by Gasteiger charge is -2.21. The molecule has 0 atom stereocenters. The maximum Gasteiger partial charge on any atom is 0.264 e. The molecule has 0 saturated heterocycles. The Balaban J connectivity index is 1.67. The molecule has 6 heteroatoms. The van der Waals surface area contributed by atoms with E-state index in [1.807, 2.05) is 61.5 Å². The number of likely N-dealkylation sites (N-methyl/N-ethyl adjacent to an activating group) is 1. The molecule has 1 aromatic heterocycles. The van der Waals surface area contributed by atoms with Crippen molar-refractivity contribution < 1.29 is 9.53 Å². The molecule has 3 rings (SSSR count). The van der Waals surface area contributed by atoms with Gasteiger partial charge < -0.3 is 9.64 Å². The van der Waals surface area contributed by atoms with Gasteiger partial charge in [-0.3, -0.25) is 4.79 Å². The standard InChI is InChI=1S/C18H18N4O2/c1-2-21(15-7-4-3-5-8-15)18(23)12-24-17-10-6-9-16(11-17)22-14-19-13-20-22/h3-11,13-14H,2,12H2,1H3. The summed E-state index contributed by atoms with van der Waals surface area (Å²) in [6.45, 7) is 2.50. The van der Waals surface area contributed by atoms with E-state index in [1.54, 1.807) is 15.9 Å². The van der Waals surface area contributed by atoms with Crippen LogP contribution in [0.4, 0.5) is 5.69 Å². The van der Waals surface area contributed by atoms with Crippen LogP contribution in [-0.4, -0.2) is 33.8 Å². The Morgan fingerprint density at radius 3 is 2.71 bits per heavy atom. The topological polar surface area (TPSA) is 60.2 Å². The van der Waals surface area contributed by atoms with Crippen LogP contribution >= 0.6 is 0 Å². The number of carbonyl (C=O) groups is 1. The number of amides is 1. The van der Waals surface area contributed by atoms with Crippen LogP contribution in [-0.2, 0) is 4.79 Å². The number of para-hydroxylation sites is 1. The number of carbonyl (C=O) groups excluding carboxylic acids is 1. The zero-order valence-electron chi connectivity index (χ0n) is 13.4. The van der Waals surface area contributed by atoms with Gasteiger partial charge in [0.1, 0.15) is 18.4 Å². The quantitative estimate of drug-likeness (QED) is 0.700. The predicted molar refractivity (Wildman–Crippen MR) is 91.3 cm³/mol. The van der Waals surface area contributed by atoms with Crippen LogP contribution in [0.15, 0.2) is 67.3 Å². The zero-order chi connectivity index (χ0) is 16.8. The van der Waals surface area contributed by atoms with Crippen LogP contribution in [0, 0.1) is 0 Å². The summed E-state index contributed by atoms with van der Waals surface area (Å²) < 4.78 is 7.29. The van der Waals surface area contributed by atoms with Gasteiger partial charge in [-0.25, -0.2) is 9.67 Å². The molecule has 0 aliphatic rings. The molecular formula is C18H18N4O2. The van der Waals surface area contributed by atoms with E-state index in [-0.39, 0.29) is 12.5 Å². The minimum Gasteiger partial charge on any atom is -0.484 e. The minimum absolute atomic E-state index is 0.0243. The van der Waals surface area contributed by atoms with E-state index < -0.39 is 0 Å². The molecule has 3 aromatic rings. The first kappa shape index (κ1) is 15.7. The van der Waals surface area contributed by atoms with Gasteiger partial charge in [0.2, 0.25) is 0 Å². The van der Waals surface area contributed by atoms with Gasteiger partial charge in [-0.1, -0.05) is 24.3 Å². The molecule has 24 heavy (non-hydrogen) atoms. The highest BCUT2D eigenvalue weighted by atomic mass is 16.5. The van der Waals surface area contributed by atoms with E-state index in [1.165, 1.54) is 6.33 Å². The summed E-state index contributed by atoms with van der Waals surface area (Å²) in [5, 5.41) is 4.08. The van der Waals surface area contributed by atoms with E-state index in [0.29, 0.717) is 12.3 Å². The van der Waals surface area contributed by atoms with E-state index in [2.05, 4.69) is 10.1 Å². The molecule has 0 N–H and O–H groups in total. The lowest BCUT2D eigenvalue weighted by Crippen LogP contribution is -2.34. The van der Waals surface area contributed by atoms with Crippen LogP contribution in [0.3, 0.4) is 0 Å². The fraction of sp³-hybridized carbons (Fsp3) is 0.167. The van der Waals surface area contributed by atoms with Crippen molar-refractivity contribution in [2.24, 2.45) is 0 Å². The highest BCUT2D eigenvalue weighted by molar-refractivity contribution is 5.94. The Morgan fingerprint density at radius 2 is 2.00 bits per heavy atom. The first-order valence-electron chi connectivity index (χ1n) is 7.71. The van der Waals surface area contributed by atoms with Crippen molar-refractivity contribution in [1.29, 1.82) is 0 Å². The van der Waals surface area contributed by atoms with Crippen molar-refractivity contribution in [3.63, 3.8) is 0 Å². The van der Waals surface area contributed by atoms with E-state index in [9.17, 15) is 4.79 Å². The predicted octanol–water partition coefficient (Wildman–Crippen LogP) is 2.70.